The number of fused-ring (bicyclic) bond motifs is 1. The van der Waals surface area contributed by atoms with Crippen molar-refractivity contribution in [3.05, 3.63) is 51.5 Å². The molecule has 1 aromatic heterocycles. The Bertz CT molecular complexity index is 1110. The van der Waals surface area contributed by atoms with Gasteiger partial charge in [0.2, 0.25) is 5.91 Å². The lowest BCUT2D eigenvalue weighted by atomic mass is 9.73. The molecule has 2 atom stereocenters. The van der Waals surface area contributed by atoms with Crippen molar-refractivity contribution in [1.29, 1.82) is 0 Å². The zero-order chi connectivity index (χ0) is 26.4. The molecule has 0 bridgehead atoms. The molecule has 5 nitrogen and oxygen atoms in total. The van der Waals surface area contributed by atoms with Gasteiger partial charge in [0.05, 0.1) is 11.0 Å². The summed E-state index contributed by atoms with van der Waals surface area (Å²) >= 11 is 1.50. The van der Waals surface area contributed by atoms with Crippen LogP contribution in [0.15, 0.2) is 29.8 Å². The second-order valence-electron chi connectivity index (χ2n) is 11.5. The number of thiazole rings is 1. The maximum absolute atomic E-state index is 13.9. The number of nitrogens with zero attached hydrogens (tertiary/aromatic N) is 2. The van der Waals surface area contributed by atoms with Crippen LogP contribution >= 0.6 is 11.3 Å². The van der Waals surface area contributed by atoms with Crippen molar-refractivity contribution >= 4 is 17.2 Å². The fraction of sp³-hybridized carbons (Fsp3) is 0.643. The molecule has 1 aromatic carbocycles. The van der Waals surface area contributed by atoms with Crippen molar-refractivity contribution in [3.8, 4) is 0 Å². The van der Waals surface area contributed by atoms with Crippen molar-refractivity contribution in [1.82, 2.24) is 15.2 Å². The molecule has 2 unspecified atom stereocenters. The number of nitrogens with one attached hydrogen (secondary N) is 1. The number of benzene rings is 1. The van der Waals surface area contributed by atoms with Crippen LogP contribution in [0.25, 0.3) is 0 Å². The minimum Gasteiger partial charge on any atom is -0.383 e. The lowest BCUT2D eigenvalue weighted by Gasteiger charge is -2.40. The SMILES string of the molecule is CC(C)C1(C(=O)N2CCc3ccc(C(F)(F)F)cc3C2)CCC(NC2CCC(O)(c3nccs3)CC2)C1. The predicted octanol–water partition coefficient (Wildman–Crippen LogP) is 5.66. The standard InChI is InChI=1S/C28H36F3N3O2S/c1-18(2)26(25(35)34-13-8-19-3-4-21(28(29,30)31)15-20(19)17-34)9-5-23(16-26)33-22-6-10-27(36,11-7-22)24-32-12-14-37-24/h3-4,12,14-15,18,22-23,33,36H,5-11,13,16-17H2,1-2H3. The third-order valence-electron chi connectivity index (χ3n) is 9.03. The topological polar surface area (TPSA) is 65.5 Å². The maximum atomic E-state index is 13.9. The second-order valence-corrected chi connectivity index (χ2v) is 12.4. The van der Waals surface area contributed by atoms with E-state index in [0.29, 0.717) is 37.4 Å². The van der Waals surface area contributed by atoms with Crippen LogP contribution in [0.1, 0.15) is 80.5 Å². The van der Waals surface area contributed by atoms with Gasteiger partial charge in [0.15, 0.2) is 0 Å². The molecule has 3 aliphatic rings. The van der Waals surface area contributed by atoms with Gasteiger partial charge in [-0.15, -0.1) is 11.3 Å². The fourth-order valence-corrected chi connectivity index (χ4v) is 7.46. The van der Waals surface area contributed by atoms with Crippen molar-refractivity contribution in [2.24, 2.45) is 11.3 Å². The Kier molecular flexibility index (Phi) is 7.17. The van der Waals surface area contributed by atoms with Gasteiger partial charge in [-0.25, -0.2) is 4.98 Å². The summed E-state index contributed by atoms with van der Waals surface area (Å²) in [5.74, 6) is 0.215. The summed E-state index contributed by atoms with van der Waals surface area (Å²) in [6.07, 6.45) is 3.42. The van der Waals surface area contributed by atoms with Crippen LogP contribution < -0.4 is 5.32 Å². The van der Waals surface area contributed by atoms with E-state index >= 15 is 0 Å². The average Bonchev–Trinajstić information content (AvgIpc) is 3.56. The second kappa shape index (κ2) is 9.97. The molecule has 9 heteroatoms. The first-order valence-corrected chi connectivity index (χ1v) is 14.2. The third-order valence-corrected chi connectivity index (χ3v) is 9.99. The van der Waals surface area contributed by atoms with Crippen LogP contribution in [-0.4, -0.2) is 39.5 Å². The predicted molar refractivity (Wildman–Crippen MR) is 137 cm³/mol. The highest BCUT2D eigenvalue weighted by Crippen LogP contribution is 2.47. The number of halogens is 3. The van der Waals surface area contributed by atoms with E-state index in [9.17, 15) is 23.1 Å². The monoisotopic (exact) mass is 535 g/mol. The first kappa shape index (κ1) is 26.6. The molecule has 0 radical (unpaired) electrons. The van der Waals surface area contributed by atoms with Gasteiger partial charge >= 0.3 is 6.18 Å². The molecule has 2 fully saturated rings. The molecule has 2 saturated carbocycles. The van der Waals surface area contributed by atoms with Crippen LogP contribution in [0.5, 0.6) is 0 Å². The summed E-state index contributed by atoms with van der Waals surface area (Å²) in [4.78, 5) is 20.1. The van der Waals surface area contributed by atoms with Crippen LogP contribution in [0.3, 0.4) is 0 Å². The van der Waals surface area contributed by atoms with Crippen LogP contribution in [0.2, 0.25) is 0 Å². The smallest absolute Gasteiger partial charge is 0.383 e. The fourth-order valence-electron chi connectivity index (χ4n) is 6.67. The molecule has 0 spiro atoms. The molecule has 202 valence electrons. The summed E-state index contributed by atoms with van der Waals surface area (Å²) in [5.41, 5.74) is -0.491. The highest BCUT2D eigenvalue weighted by molar-refractivity contribution is 7.09. The minimum absolute atomic E-state index is 0.0802. The number of rotatable bonds is 5. The zero-order valence-corrected chi connectivity index (χ0v) is 22.3. The number of aliphatic hydroxyl groups is 1. The lowest BCUT2D eigenvalue weighted by molar-refractivity contribution is -0.145. The molecule has 2 heterocycles. The Balaban J connectivity index is 1.23. The lowest BCUT2D eigenvalue weighted by Crippen LogP contribution is -2.49. The van der Waals surface area contributed by atoms with Gasteiger partial charge in [-0.2, -0.15) is 13.2 Å². The van der Waals surface area contributed by atoms with Crippen LogP contribution in [0, 0.1) is 11.3 Å². The Morgan fingerprint density at radius 1 is 1.16 bits per heavy atom. The Labute approximate surface area is 220 Å². The van der Waals surface area contributed by atoms with Gasteiger partial charge in [-0.3, -0.25) is 4.79 Å². The van der Waals surface area contributed by atoms with E-state index in [1.54, 1.807) is 17.2 Å². The number of hydrogen-bond acceptors (Lipinski definition) is 5. The molecule has 2 aromatic rings. The van der Waals surface area contributed by atoms with Gasteiger partial charge in [0, 0.05) is 36.8 Å². The van der Waals surface area contributed by atoms with E-state index in [1.807, 2.05) is 5.38 Å². The van der Waals surface area contributed by atoms with E-state index in [-0.39, 0.29) is 24.4 Å². The Morgan fingerprint density at radius 3 is 2.54 bits per heavy atom. The van der Waals surface area contributed by atoms with Gasteiger partial charge in [0.1, 0.15) is 10.6 Å². The number of hydrogen-bond donors (Lipinski definition) is 2. The number of aromatic nitrogens is 1. The van der Waals surface area contributed by atoms with E-state index in [2.05, 4.69) is 24.1 Å². The number of amides is 1. The average molecular weight is 536 g/mol. The van der Waals surface area contributed by atoms with Gasteiger partial charge in [-0.1, -0.05) is 19.9 Å². The van der Waals surface area contributed by atoms with Crippen molar-refractivity contribution in [3.63, 3.8) is 0 Å². The molecular weight excluding hydrogens is 499 g/mol. The molecule has 1 amide bonds. The maximum Gasteiger partial charge on any atom is 0.416 e. The van der Waals surface area contributed by atoms with E-state index in [0.717, 1.165) is 48.7 Å². The Morgan fingerprint density at radius 2 is 1.89 bits per heavy atom. The van der Waals surface area contributed by atoms with E-state index < -0.39 is 22.8 Å². The van der Waals surface area contributed by atoms with Crippen molar-refractivity contribution < 1.29 is 23.1 Å². The molecule has 0 saturated heterocycles. The summed E-state index contributed by atoms with van der Waals surface area (Å²) in [7, 11) is 0. The first-order chi connectivity index (χ1) is 17.5. The molecule has 5 rings (SSSR count). The molecular formula is C28H36F3N3O2S. The number of carbonyl (C=O) groups excluding carboxylic acids is 1. The minimum atomic E-state index is -4.39. The largest absolute Gasteiger partial charge is 0.416 e. The summed E-state index contributed by atoms with van der Waals surface area (Å²) in [5, 5.41) is 17.5. The number of alkyl halides is 3. The van der Waals surface area contributed by atoms with Crippen LogP contribution in [-0.2, 0) is 29.5 Å². The van der Waals surface area contributed by atoms with Crippen LogP contribution in [0.4, 0.5) is 13.2 Å². The highest BCUT2D eigenvalue weighted by atomic mass is 32.1. The summed E-state index contributed by atoms with van der Waals surface area (Å²) < 4.78 is 39.8. The molecule has 1 aliphatic heterocycles. The van der Waals surface area contributed by atoms with E-state index in [4.69, 9.17) is 0 Å². The zero-order valence-electron chi connectivity index (χ0n) is 21.5. The van der Waals surface area contributed by atoms with Gasteiger partial charge < -0.3 is 15.3 Å². The summed E-state index contributed by atoms with van der Waals surface area (Å²) in [6.45, 7) is 4.97. The quantitative estimate of drug-likeness (QED) is 0.519. The van der Waals surface area contributed by atoms with Gasteiger partial charge in [-0.05, 0) is 80.5 Å². The number of carbonyl (C=O) groups is 1. The van der Waals surface area contributed by atoms with Crippen molar-refractivity contribution in [2.75, 3.05) is 6.54 Å². The summed E-state index contributed by atoms with van der Waals surface area (Å²) in [6, 6.07) is 4.43. The molecule has 2 N–H and O–H groups in total. The van der Waals surface area contributed by atoms with Gasteiger partial charge in [0.25, 0.3) is 0 Å². The van der Waals surface area contributed by atoms with Crippen molar-refractivity contribution in [2.45, 2.75) is 95.6 Å². The normalized spacial score (nSPS) is 30.5. The molecule has 37 heavy (non-hydrogen) atoms. The van der Waals surface area contributed by atoms with E-state index in [1.165, 1.54) is 17.4 Å². The Hall–Kier alpha value is -1.97. The third kappa shape index (κ3) is 5.19. The first-order valence-electron chi connectivity index (χ1n) is 13.4. The highest BCUT2D eigenvalue weighted by Gasteiger charge is 2.50. The molecule has 2 aliphatic carbocycles.